The van der Waals surface area contributed by atoms with Gasteiger partial charge in [0.2, 0.25) is 0 Å². The fraction of sp³-hybridized carbons (Fsp3) is 1.00. The van der Waals surface area contributed by atoms with Crippen LogP contribution in [0.3, 0.4) is 0 Å². The van der Waals surface area contributed by atoms with Gasteiger partial charge in [-0.25, -0.2) is 0 Å². The smallest absolute Gasteiger partial charge is 0.335 e. The summed E-state index contributed by atoms with van der Waals surface area (Å²) in [4.78, 5) is 22.1. The maximum Gasteiger partial charge on any atom is 0.335 e. The van der Waals surface area contributed by atoms with Gasteiger partial charge in [0.1, 0.15) is 29.9 Å². The molecule has 0 saturated carbocycles. The van der Waals surface area contributed by atoms with Gasteiger partial charge in [0.15, 0.2) is 0 Å². The predicted octanol–water partition coefficient (Wildman–Crippen LogP) is 0.351. The van der Waals surface area contributed by atoms with Crippen LogP contribution in [0.25, 0.3) is 0 Å². The summed E-state index contributed by atoms with van der Waals surface area (Å²) < 4.78 is 15.7. The largest absolute Gasteiger partial charge is 0.394 e. The third-order valence-electron chi connectivity index (χ3n) is 4.94. The topological polar surface area (TPSA) is 154 Å². The number of ether oxygens (including phenoxy) is 1. The van der Waals surface area contributed by atoms with E-state index in [9.17, 15) is 19.9 Å². The Balaban J connectivity index is 0. The van der Waals surface area contributed by atoms with Gasteiger partial charge in [0.05, 0.1) is 12.1 Å². The Morgan fingerprint density at radius 1 is 0.774 bits per heavy atom. The van der Waals surface area contributed by atoms with Gasteiger partial charge in [-0.1, -0.05) is 41.5 Å². The molecule has 0 aromatic carbocycles. The maximum absolute atomic E-state index is 10.7. The molecule has 5 atom stereocenters. The molecule has 0 radical (unpaired) electrons. The SMILES string of the molecule is CCN(CC)CC.CCN(CC)CC.O=P(O)(O)CS[C@@H]1O[C@H](CO)[C@@H](O)[C@H](O)[C@H]1O. The summed E-state index contributed by atoms with van der Waals surface area (Å²) in [7, 11) is -4.26. The molecule has 1 rings (SSSR count). The monoisotopic (exact) mass is 492 g/mol. The molecule has 1 saturated heterocycles. The molecule has 31 heavy (non-hydrogen) atoms. The van der Waals surface area contributed by atoms with E-state index in [2.05, 4.69) is 51.3 Å². The number of hydrogen-bond acceptors (Lipinski definition) is 9. The lowest BCUT2D eigenvalue weighted by Gasteiger charge is -2.39. The summed E-state index contributed by atoms with van der Waals surface area (Å²) in [6.45, 7) is 19.7. The van der Waals surface area contributed by atoms with Crippen molar-refractivity contribution >= 4 is 19.4 Å². The lowest BCUT2D eigenvalue weighted by atomic mass is 10.0. The van der Waals surface area contributed by atoms with E-state index < -0.39 is 49.5 Å². The standard InChI is InChI=1S/C7H15O8PS.2C6H15N/c8-1-3-4(9)5(10)6(11)7(15-3)17-2-16(12,13)14;2*1-4-7(5-2)6-3/h3-11H,1-2H2,(H2,12,13,14);2*4-6H2,1-3H3/t3-,4-,5+,6-,7+;;/m1../s1. The normalized spacial score (nSPS) is 26.2. The van der Waals surface area contributed by atoms with Gasteiger partial charge in [-0.15, -0.1) is 11.8 Å². The van der Waals surface area contributed by atoms with Crippen molar-refractivity contribution < 1.29 is 39.5 Å². The quantitative estimate of drug-likeness (QED) is 0.234. The van der Waals surface area contributed by atoms with Crippen molar-refractivity contribution in [3.05, 3.63) is 0 Å². The molecule has 1 heterocycles. The molecule has 1 aliphatic rings. The van der Waals surface area contributed by atoms with Crippen LogP contribution in [0.4, 0.5) is 0 Å². The maximum atomic E-state index is 10.7. The summed E-state index contributed by atoms with van der Waals surface area (Å²) in [6, 6.07) is 0. The molecule has 0 amide bonds. The van der Waals surface area contributed by atoms with E-state index in [1.165, 1.54) is 39.3 Å². The Kier molecular flexibility index (Phi) is 20.1. The van der Waals surface area contributed by atoms with E-state index >= 15 is 0 Å². The van der Waals surface area contributed by atoms with Crippen LogP contribution in [-0.4, -0.2) is 121 Å². The van der Waals surface area contributed by atoms with Gasteiger partial charge < -0.3 is 44.7 Å². The lowest BCUT2D eigenvalue weighted by Crippen LogP contribution is -2.57. The van der Waals surface area contributed by atoms with Crippen LogP contribution in [0.5, 0.6) is 0 Å². The number of rotatable bonds is 10. The number of hydrogen-bond donors (Lipinski definition) is 6. The highest BCUT2D eigenvalue weighted by atomic mass is 32.2. The highest BCUT2D eigenvalue weighted by molar-refractivity contribution is 8.04. The second-order valence-electron chi connectivity index (χ2n) is 6.90. The molecule has 0 bridgehead atoms. The first-order chi connectivity index (χ1) is 14.5. The minimum atomic E-state index is -4.26. The van der Waals surface area contributed by atoms with Crippen molar-refractivity contribution in [1.82, 2.24) is 9.80 Å². The highest BCUT2D eigenvalue weighted by Crippen LogP contribution is 2.42. The number of nitrogens with zero attached hydrogens (tertiary/aromatic N) is 2. The summed E-state index contributed by atoms with van der Waals surface area (Å²) in [5.41, 5.74) is -1.70. The molecule has 0 aliphatic carbocycles. The van der Waals surface area contributed by atoms with Crippen LogP contribution in [0, 0.1) is 0 Å². The van der Waals surface area contributed by atoms with Crippen LogP contribution in [0.15, 0.2) is 0 Å². The van der Waals surface area contributed by atoms with E-state index in [0.29, 0.717) is 11.8 Å². The molecule has 0 aromatic heterocycles. The van der Waals surface area contributed by atoms with Gasteiger partial charge in [0.25, 0.3) is 0 Å². The zero-order chi connectivity index (χ0) is 24.6. The molecular weight excluding hydrogens is 447 g/mol. The van der Waals surface area contributed by atoms with Gasteiger partial charge in [-0.05, 0) is 39.3 Å². The molecule has 6 N–H and O–H groups in total. The number of aliphatic hydroxyl groups excluding tert-OH is 4. The first-order valence-electron chi connectivity index (χ1n) is 10.9. The first kappa shape index (κ1) is 33.4. The Morgan fingerprint density at radius 3 is 1.42 bits per heavy atom. The van der Waals surface area contributed by atoms with Gasteiger partial charge >= 0.3 is 7.60 Å². The Morgan fingerprint density at radius 2 is 1.16 bits per heavy atom. The van der Waals surface area contributed by atoms with Gasteiger partial charge in [0, 0.05) is 0 Å². The number of thioether (sulfide) groups is 1. The zero-order valence-electron chi connectivity index (χ0n) is 19.8. The molecule has 12 heteroatoms. The minimum Gasteiger partial charge on any atom is -0.394 e. The first-order valence-corrected chi connectivity index (χ1v) is 13.7. The Bertz CT molecular complexity index is 441. The molecule has 0 unspecified atom stereocenters. The van der Waals surface area contributed by atoms with E-state index in [-0.39, 0.29) is 0 Å². The van der Waals surface area contributed by atoms with Gasteiger partial charge in [-0.3, -0.25) is 4.57 Å². The number of aliphatic hydroxyl groups is 4. The average Bonchev–Trinajstić information content (AvgIpc) is 2.74. The molecule has 190 valence electrons. The van der Waals surface area contributed by atoms with E-state index in [1.54, 1.807) is 0 Å². The van der Waals surface area contributed by atoms with E-state index in [1.807, 2.05) is 0 Å². The van der Waals surface area contributed by atoms with Crippen LogP contribution in [0.2, 0.25) is 0 Å². The molecule has 10 nitrogen and oxygen atoms in total. The third-order valence-corrected chi connectivity index (χ3v) is 7.60. The van der Waals surface area contributed by atoms with Crippen LogP contribution in [0.1, 0.15) is 41.5 Å². The summed E-state index contributed by atoms with van der Waals surface area (Å²) in [5, 5.41) is 37.2. The van der Waals surface area contributed by atoms with Crippen molar-refractivity contribution in [2.75, 3.05) is 51.4 Å². The Labute approximate surface area is 191 Å². The van der Waals surface area contributed by atoms with Crippen LogP contribution < -0.4 is 0 Å². The lowest BCUT2D eigenvalue weighted by molar-refractivity contribution is -0.205. The Hall–Kier alpha value is 0.220. The third kappa shape index (κ3) is 14.9. The fourth-order valence-electron chi connectivity index (χ4n) is 2.72. The van der Waals surface area contributed by atoms with Gasteiger partial charge in [-0.2, -0.15) is 0 Å². The summed E-state index contributed by atoms with van der Waals surface area (Å²) in [5.74, 6) is 0. The van der Waals surface area contributed by atoms with Crippen molar-refractivity contribution in [2.24, 2.45) is 0 Å². The highest BCUT2D eigenvalue weighted by Gasteiger charge is 2.44. The van der Waals surface area contributed by atoms with Crippen molar-refractivity contribution in [3.63, 3.8) is 0 Å². The van der Waals surface area contributed by atoms with Crippen molar-refractivity contribution in [3.8, 4) is 0 Å². The molecule has 1 aliphatic heterocycles. The predicted molar refractivity (Wildman–Crippen MR) is 125 cm³/mol. The van der Waals surface area contributed by atoms with Crippen LogP contribution >= 0.6 is 19.4 Å². The fourth-order valence-corrected chi connectivity index (χ4v) is 4.66. The molecular formula is C19H45N2O8PS. The summed E-state index contributed by atoms with van der Waals surface area (Å²) in [6.07, 6.45) is -5.55. The molecule has 0 spiro atoms. The van der Waals surface area contributed by atoms with E-state index in [0.717, 1.165) is 0 Å². The molecule has 1 fully saturated rings. The van der Waals surface area contributed by atoms with Crippen molar-refractivity contribution in [2.45, 2.75) is 71.4 Å². The van der Waals surface area contributed by atoms with Crippen molar-refractivity contribution in [1.29, 1.82) is 0 Å². The average molecular weight is 493 g/mol. The summed E-state index contributed by atoms with van der Waals surface area (Å²) >= 11 is 0.620. The van der Waals surface area contributed by atoms with Crippen LogP contribution in [-0.2, 0) is 9.30 Å². The zero-order valence-corrected chi connectivity index (χ0v) is 21.5. The minimum absolute atomic E-state index is 0.572. The van der Waals surface area contributed by atoms with E-state index in [4.69, 9.17) is 19.6 Å². The second kappa shape index (κ2) is 18.6. The second-order valence-corrected chi connectivity index (χ2v) is 10.1. The molecule has 0 aromatic rings.